The third-order valence-corrected chi connectivity index (χ3v) is 7.30. The van der Waals surface area contributed by atoms with Crippen molar-refractivity contribution in [3.63, 3.8) is 0 Å². The van der Waals surface area contributed by atoms with E-state index in [0.29, 0.717) is 18.2 Å². The van der Waals surface area contributed by atoms with Crippen LogP contribution in [0.3, 0.4) is 0 Å². The van der Waals surface area contributed by atoms with Gasteiger partial charge in [-0.2, -0.15) is 0 Å². The van der Waals surface area contributed by atoms with Crippen molar-refractivity contribution in [1.82, 2.24) is 10.3 Å². The lowest BCUT2D eigenvalue weighted by atomic mass is 9.98. The molecule has 3 fully saturated rings. The number of primary amides is 1. The summed E-state index contributed by atoms with van der Waals surface area (Å²) in [7, 11) is -3.36. The van der Waals surface area contributed by atoms with Crippen LogP contribution in [-0.2, 0) is 14.6 Å². The summed E-state index contributed by atoms with van der Waals surface area (Å²) in [6, 6.07) is 1.48. The SMILES string of the molecule is NC(=O)CC1(NC(=O)c2ncc(N3CC(F)(F)C3)cc2OCC2CC2)CS(=O)(=O)C1. The van der Waals surface area contributed by atoms with Crippen molar-refractivity contribution in [3.8, 4) is 5.75 Å². The lowest BCUT2D eigenvalue weighted by Crippen LogP contribution is -2.66. The maximum absolute atomic E-state index is 13.2. The first-order valence-electron chi connectivity index (χ1n) is 9.53. The van der Waals surface area contributed by atoms with Crippen LogP contribution in [0.5, 0.6) is 5.75 Å². The van der Waals surface area contributed by atoms with Crippen LogP contribution in [0.2, 0.25) is 0 Å². The highest BCUT2D eigenvalue weighted by Gasteiger charge is 2.51. The zero-order valence-electron chi connectivity index (χ0n) is 16.1. The van der Waals surface area contributed by atoms with E-state index < -0.39 is 57.7 Å². The predicted octanol–water partition coefficient (Wildman–Crippen LogP) is 0.0981. The average molecular weight is 444 g/mol. The zero-order chi connectivity index (χ0) is 21.7. The molecule has 3 heterocycles. The van der Waals surface area contributed by atoms with Crippen LogP contribution in [0, 0.1) is 5.92 Å². The fourth-order valence-electron chi connectivity index (χ4n) is 3.73. The van der Waals surface area contributed by atoms with Gasteiger partial charge in [-0.1, -0.05) is 0 Å². The Balaban J connectivity index is 1.55. The van der Waals surface area contributed by atoms with Crippen molar-refractivity contribution in [3.05, 3.63) is 18.0 Å². The molecule has 0 aromatic carbocycles. The number of hydrogen-bond donors (Lipinski definition) is 2. The van der Waals surface area contributed by atoms with E-state index in [1.54, 1.807) is 0 Å². The molecular weight excluding hydrogens is 422 g/mol. The minimum Gasteiger partial charge on any atom is -0.491 e. The van der Waals surface area contributed by atoms with Gasteiger partial charge in [0.1, 0.15) is 0 Å². The number of sulfone groups is 1. The van der Waals surface area contributed by atoms with E-state index in [1.807, 2.05) is 0 Å². The molecule has 1 saturated carbocycles. The smallest absolute Gasteiger partial charge is 0.282 e. The second kappa shape index (κ2) is 7.03. The Bertz CT molecular complexity index is 976. The van der Waals surface area contributed by atoms with E-state index in [0.717, 1.165) is 12.8 Å². The topological polar surface area (TPSA) is 132 Å². The number of hydrogen-bond acceptors (Lipinski definition) is 7. The first-order chi connectivity index (χ1) is 14.0. The third-order valence-electron chi connectivity index (χ3n) is 5.32. The summed E-state index contributed by atoms with van der Waals surface area (Å²) in [5.74, 6) is -4.50. The van der Waals surface area contributed by atoms with Gasteiger partial charge >= 0.3 is 0 Å². The van der Waals surface area contributed by atoms with Gasteiger partial charge in [0.05, 0.1) is 55.0 Å². The van der Waals surface area contributed by atoms with Crippen molar-refractivity contribution >= 4 is 27.3 Å². The Kier molecular flexibility index (Phi) is 4.87. The van der Waals surface area contributed by atoms with E-state index in [2.05, 4.69) is 10.3 Å². The summed E-state index contributed by atoms with van der Waals surface area (Å²) in [5.41, 5.74) is 4.24. The molecule has 9 nitrogen and oxygen atoms in total. The highest BCUT2D eigenvalue weighted by Crippen LogP contribution is 2.36. The van der Waals surface area contributed by atoms with Crippen LogP contribution >= 0.6 is 0 Å². The minimum absolute atomic E-state index is 0.0974. The van der Waals surface area contributed by atoms with Crippen LogP contribution in [0.15, 0.2) is 12.3 Å². The Hall–Kier alpha value is -2.50. The van der Waals surface area contributed by atoms with Gasteiger partial charge in [0.25, 0.3) is 11.8 Å². The molecule has 0 atom stereocenters. The van der Waals surface area contributed by atoms with Gasteiger partial charge in [-0.05, 0) is 18.8 Å². The predicted molar refractivity (Wildman–Crippen MR) is 102 cm³/mol. The fraction of sp³-hybridized carbons (Fsp3) is 0.611. The maximum atomic E-state index is 13.2. The number of halogens is 2. The molecule has 2 saturated heterocycles. The van der Waals surface area contributed by atoms with Crippen LogP contribution in [0.4, 0.5) is 14.5 Å². The molecule has 164 valence electrons. The summed E-state index contributed by atoms with van der Waals surface area (Å²) in [5, 5.41) is 2.57. The number of nitrogens with one attached hydrogen (secondary N) is 1. The van der Waals surface area contributed by atoms with Gasteiger partial charge in [-0.3, -0.25) is 9.59 Å². The number of anilines is 1. The molecule has 4 rings (SSSR count). The number of amides is 2. The molecule has 1 aromatic rings. The van der Waals surface area contributed by atoms with Crippen molar-refractivity contribution < 1.29 is 31.5 Å². The molecule has 2 aliphatic heterocycles. The Morgan fingerprint density at radius 3 is 2.50 bits per heavy atom. The molecule has 2 amide bonds. The lowest BCUT2D eigenvalue weighted by Gasteiger charge is -2.41. The summed E-state index contributed by atoms with van der Waals surface area (Å²) in [6.45, 7) is -0.522. The molecule has 0 spiro atoms. The normalized spacial score (nSPS) is 23.1. The number of carbonyl (C=O) groups excluding carboxylic acids is 2. The maximum Gasteiger partial charge on any atom is 0.282 e. The lowest BCUT2D eigenvalue weighted by molar-refractivity contribution is -0.119. The number of ether oxygens (including phenoxy) is 1. The zero-order valence-corrected chi connectivity index (χ0v) is 16.9. The number of carbonyl (C=O) groups is 2. The highest BCUT2D eigenvalue weighted by atomic mass is 32.2. The van der Waals surface area contributed by atoms with Crippen LogP contribution in [0.1, 0.15) is 29.8 Å². The molecule has 12 heteroatoms. The molecule has 0 bridgehead atoms. The van der Waals surface area contributed by atoms with E-state index >= 15 is 0 Å². The first-order valence-corrected chi connectivity index (χ1v) is 11.3. The van der Waals surface area contributed by atoms with E-state index in [-0.39, 0.29) is 17.9 Å². The number of rotatable bonds is 8. The molecule has 30 heavy (non-hydrogen) atoms. The molecule has 0 unspecified atom stereocenters. The first kappa shape index (κ1) is 20.8. The van der Waals surface area contributed by atoms with Crippen molar-refractivity contribution in [1.29, 1.82) is 0 Å². The standard InChI is InChI=1S/C18H22F2N4O5S/c19-18(20)7-24(8-18)12-3-13(29-6-11-1-2-11)15(22-5-12)16(26)23-17(4-14(21)25)9-30(27,28)10-17/h3,5,11H,1-2,4,6-10H2,(H2,21,25)(H,23,26). The van der Waals surface area contributed by atoms with Crippen LogP contribution < -0.4 is 20.7 Å². The van der Waals surface area contributed by atoms with Crippen molar-refractivity contribution in [2.24, 2.45) is 11.7 Å². The molecule has 1 aromatic heterocycles. The van der Waals surface area contributed by atoms with Crippen molar-refractivity contribution in [2.45, 2.75) is 30.7 Å². The van der Waals surface area contributed by atoms with Gasteiger partial charge in [0.2, 0.25) is 5.91 Å². The van der Waals surface area contributed by atoms with E-state index in [1.165, 1.54) is 17.2 Å². The third kappa shape index (κ3) is 4.47. The van der Waals surface area contributed by atoms with Gasteiger partial charge in [0.15, 0.2) is 21.3 Å². The molecule has 3 aliphatic rings. The summed E-state index contributed by atoms with van der Waals surface area (Å²) >= 11 is 0. The quantitative estimate of drug-likeness (QED) is 0.581. The largest absolute Gasteiger partial charge is 0.491 e. The van der Waals surface area contributed by atoms with Crippen LogP contribution in [0.25, 0.3) is 0 Å². The number of alkyl halides is 2. The van der Waals surface area contributed by atoms with E-state index in [9.17, 15) is 26.8 Å². The molecule has 0 radical (unpaired) electrons. The number of nitrogens with zero attached hydrogens (tertiary/aromatic N) is 2. The van der Waals surface area contributed by atoms with Gasteiger partial charge in [0, 0.05) is 6.07 Å². The molecule has 1 aliphatic carbocycles. The Labute approximate surface area is 171 Å². The van der Waals surface area contributed by atoms with E-state index in [4.69, 9.17) is 10.5 Å². The summed E-state index contributed by atoms with van der Waals surface area (Å²) in [4.78, 5) is 29.7. The second-order valence-corrected chi connectivity index (χ2v) is 10.5. The summed E-state index contributed by atoms with van der Waals surface area (Å²) in [6.07, 6.45) is 2.99. The molecule has 3 N–H and O–H groups in total. The van der Waals surface area contributed by atoms with Crippen LogP contribution in [-0.4, -0.2) is 67.9 Å². The Morgan fingerprint density at radius 1 is 1.30 bits per heavy atom. The monoisotopic (exact) mass is 444 g/mol. The number of aromatic nitrogens is 1. The summed E-state index contributed by atoms with van der Waals surface area (Å²) < 4.78 is 55.4. The highest BCUT2D eigenvalue weighted by molar-refractivity contribution is 7.93. The van der Waals surface area contributed by atoms with Gasteiger partial charge < -0.3 is 20.7 Å². The fourth-order valence-corrected chi connectivity index (χ4v) is 5.67. The average Bonchev–Trinajstić information content (AvgIpc) is 3.39. The van der Waals surface area contributed by atoms with Gasteiger partial charge in [-0.15, -0.1) is 0 Å². The Morgan fingerprint density at radius 2 is 1.97 bits per heavy atom. The number of pyridine rings is 1. The minimum atomic E-state index is -3.36. The second-order valence-electron chi connectivity index (χ2n) is 8.42. The molecular formula is C18H22F2N4O5S. The number of nitrogens with two attached hydrogens (primary N) is 1. The van der Waals surface area contributed by atoms with Crippen molar-refractivity contribution in [2.75, 3.05) is 36.1 Å². The van der Waals surface area contributed by atoms with Gasteiger partial charge in [-0.25, -0.2) is 22.2 Å².